The third-order valence-corrected chi connectivity index (χ3v) is 7.26. The second-order valence-electron chi connectivity index (χ2n) is 6.95. The Morgan fingerprint density at radius 2 is 2.11 bits per heavy atom. The van der Waals surface area contributed by atoms with E-state index < -0.39 is 0 Å². The van der Waals surface area contributed by atoms with E-state index in [9.17, 15) is 4.79 Å². The minimum atomic E-state index is 0.0350. The highest BCUT2D eigenvalue weighted by atomic mass is 32.2. The van der Waals surface area contributed by atoms with Crippen LogP contribution in [0.2, 0.25) is 0 Å². The van der Waals surface area contributed by atoms with Crippen molar-refractivity contribution in [2.75, 3.05) is 0 Å². The number of aryl methyl sites for hydroxylation is 2. The normalized spacial score (nSPS) is 11.8. The lowest BCUT2D eigenvalue weighted by molar-refractivity contribution is 0.391. The number of thiophene rings is 2. The molecule has 0 bridgehead atoms. The van der Waals surface area contributed by atoms with E-state index >= 15 is 0 Å². The number of fused-ring (bicyclic) bond motifs is 1. The number of hydrogen-bond acceptors (Lipinski definition) is 8. The topological polar surface area (TPSA) is 73.8 Å². The molecule has 0 aromatic carbocycles. The SMILES string of the molecule is Cc1sc2nc(SCc3nc(-c4cccs4)no3)n(CC(C)C)c(=O)c2c1C. The Morgan fingerprint density at radius 3 is 2.82 bits per heavy atom. The van der Waals surface area contributed by atoms with Gasteiger partial charge in [-0.25, -0.2) is 4.98 Å². The molecule has 0 N–H and O–H groups in total. The molecule has 0 saturated carbocycles. The summed E-state index contributed by atoms with van der Waals surface area (Å²) in [4.78, 5) is 25.3. The first-order chi connectivity index (χ1) is 13.4. The maximum absolute atomic E-state index is 13.2. The molecule has 0 aliphatic rings. The zero-order chi connectivity index (χ0) is 19.8. The summed E-state index contributed by atoms with van der Waals surface area (Å²) in [6, 6.07) is 3.92. The summed E-state index contributed by atoms with van der Waals surface area (Å²) in [5.41, 5.74) is 1.07. The number of rotatable bonds is 6. The predicted molar refractivity (Wildman–Crippen MR) is 115 cm³/mol. The van der Waals surface area contributed by atoms with Gasteiger partial charge in [-0.3, -0.25) is 9.36 Å². The fourth-order valence-corrected chi connectivity index (χ4v) is 5.46. The summed E-state index contributed by atoms with van der Waals surface area (Å²) in [6.07, 6.45) is 0. The molecule has 146 valence electrons. The summed E-state index contributed by atoms with van der Waals surface area (Å²) in [5.74, 6) is 1.93. The van der Waals surface area contributed by atoms with Gasteiger partial charge < -0.3 is 4.52 Å². The first-order valence-corrected chi connectivity index (χ1v) is 11.6. The molecule has 0 fully saturated rings. The van der Waals surface area contributed by atoms with Crippen LogP contribution >= 0.6 is 34.4 Å². The first kappa shape index (κ1) is 19.4. The zero-order valence-electron chi connectivity index (χ0n) is 16.1. The van der Waals surface area contributed by atoms with E-state index in [0.717, 1.165) is 25.5 Å². The quantitative estimate of drug-likeness (QED) is 0.310. The van der Waals surface area contributed by atoms with Crippen molar-refractivity contribution in [3.8, 4) is 10.7 Å². The van der Waals surface area contributed by atoms with E-state index in [1.165, 1.54) is 11.8 Å². The minimum absolute atomic E-state index is 0.0350. The van der Waals surface area contributed by atoms with Crippen LogP contribution in [0, 0.1) is 19.8 Å². The van der Waals surface area contributed by atoms with Gasteiger partial charge in [-0.15, -0.1) is 22.7 Å². The van der Waals surface area contributed by atoms with Crippen LogP contribution in [-0.2, 0) is 12.3 Å². The summed E-state index contributed by atoms with van der Waals surface area (Å²) in [7, 11) is 0. The van der Waals surface area contributed by atoms with Gasteiger partial charge in [0, 0.05) is 11.4 Å². The van der Waals surface area contributed by atoms with Gasteiger partial charge in [-0.2, -0.15) is 4.98 Å². The molecule has 4 aromatic heterocycles. The van der Waals surface area contributed by atoms with E-state index in [2.05, 4.69) is 24.0 Å². The molecule has 0 saturated heterocycles. The number of thioether (sulfide) groups is 1. The maximum Gasteiger partial charge on any atom is 0.263 e. The molecule has 0 aliphatic carbocycles. The molecule has 0 aliphatic heterocycles. The highest BCUT2D eigenvalue weighted by Gasteiger charge is 2.18. The highest BCUT2D eigenvalue weighted by Crippen LogP contribution is 2.30. The van der Waals surface area contributed by atoms with E-state index in [1.807, 2.05) is 31.4 Å². The summed E-state index contributed by atoms with van der Waals surface area (Å²) < 4.78 is 7.17. The van der Waals surface area contributed by atoms with Crippen molar-refractivity contribution in [3.63, 3.8) is 0 Å². The lowest BCUT2D eigenvalue weighted by atomic mass is 10.2. The predicted octanol–water partition coefficient (Wildman–Crippen LogP) is 5.13. The van der Waals surface area contributed by atoms with Crippen molar-refractivity contribution in [1.29, 1.82) is 0 Å². The Balaban J connectivity index is 1.66. The summed E-state index contributed by atoms with van der Waals surface area (Å²) in [5, 5.41) is 7.47. The van der Waals surface area contributed by atoms with Crippen LogP contribution in [0.3, 0.4) is 0 Å². The molecule has 0 amide bonds. The van der Waals surface area contributed by atoms with Gasteiger partial charge in [0.25, 0.3) is 5.56 Å². The zero-order valence-corrected chi connectivity index (χ0v) is 18.5. The summed E-state index contributed by atoms with van der Waals surface area (Å²) >= 11 is 4.61. The average Bonchev–Trinajstić information content (AvgIpc) is 3.37. The summed E-state index contributed by atoms with van der Waals surface area (Å²) in [6.45, 7) is 8.85. The second kappa shape index (κ2) is 7.81. The van der Waals surface area contributed by atoms with Crippen LogP contribution in [0.5, 0.6) is 0 Å². The second-order valence-corrected chi connectivity index (χ2v) is 10.0. The standard InChI is InChI=1S/C19H20N4O2S3/c1-10(2)8-23-18(24)15-11(3)12(4)28-17(15)21-19(23)27-9-14-20-16(22-25-14)13-6-5-7-26-13/h5-7,10H,8-9H2,1-4H3. The fourth-order valence-electron chi connectivity index (χ4n) is 2.89. The van der Waals surface area contributed by atoms with Crippen molar-refractivity contribution in [2.45, 2.75) is 45.1 Å². The Kier molecular flexibility index (Phi) is 5.39. The molecule has 0 unspecified atom stereocenters. The molecule has 4 aromatic rings. The Bertz CT molecular complexity index is 1170. The van der Waals surface area contributed by atoms with Gasteiger partial charge in [0.05, 0.1) is 16.0 Å². The van der Waals surface area contributed by atoms with Crippen LogP contribution < -0.4 is 5.56 Å². The number of aromatic nitrogens is 4. The number of hydrogen-bond donors (Lipinski definition) is 0. The molecule has 28 heavy (non-hydrogen) atoms. The molecular formula is C19H20N4O2S3. The Labute approximate surface area is 174 Å². The average molecular weight is 433 g/mol. The van der Waals surface area contributed by atoms with Crippen molar-refractivity contribution in [3.05, 3.63) is 44.2 Å². The van der Waals surface area contributed by atoms with Gasteiger partial charge in [0.15, 0.2) is 5.16 Å². The molecule has 0 radical (unpaired) electrons. The van der Waals surface area contributed by atoms with Crippen molar-refractivity contribution in [2.24, 2.45) is 5.92 Å². The van der Waals surface area contributed by atoms with E-state index in [1.54, 1.807) is 27.2 Å². The van der Waals surface area contributed by atoms with Crippen LogP contribution in [0.1, 0.15) is 30.2 Å². The highest BCUT2D eigenvalue weighted by molar-refractivity contribution is 7.98. The maximum atomic E-state index is 13.2. The van der Waals surface area contributed by atoms with Crippen LogP contribution in [0.4, 0.5) is 0 Å². The monoisotopic (exact) mass is 432 g/mol. The largest absolute Gasteiger partial charge is 0.338 e. The van der Waals surface area contributed by atoms with Crippen LogP contribution in [-0.4, -0.2) is 19.7 Å². The van der Waals surface area contributed by atoms with E-state index in [-0.39, 0.29) is 5.56 Å². The molecule has 6 nitrogen and oxygen atoms in total. The van der Waals surface area contributed by atoms with Gasteiger partial charge in [0.2, 0.25) is 11.7 Å². The van der Waals surface area contributed by atoms with Crippen molar-refractivity contribution >= 4 is 44.7 Å². The Morgan fingerprint density at radius 1 is 1.29 bits per heavy atom. The molecular weight excluding hydrogens is 412 g/mol. The van der Waals surface area contributed by atoms with Gasteiger partial charge in [0.1, 0.15) is 4.83 Å². The van der Waals surface area contributed by atoms with Crippen molar-refractivity contribution in [1.82, 2.24) is 19.7 Å². The molecule has 9 heteroatoms. The molecule has 0 atom stereocenters. The molecule has 4 heterocycles. The third-order valence-electron chi connectivity index (χ3n) is 4.34. The number of nitrogens with zero attached hydrogens (tertiary/aromatic N) is 4. The van der Waals surface area contributed by atoms with Crippen LogP contribution in [0.15, 0.2) is 32.0 Å². The third kappa shape index (κ3) is 3.66. The van der Waals surface area contributed by atoms with E-state index in [0.29, 0.717) is 35.1 Å². The van der Waals surface area contributed by atoms with Gasteiger partial charge in [-0.1, -0.05) is 36.8 Å². The van der Waals surface area contributed by atoms with Crippen molar-refractivity contribution < 1.29 is 4.52 Å². The lowest BCUT2D eigenvalue weighted by Gasteiger charge is -2.13. The molecule has 0 spiro atoms. The first-order valence-electron chi connectivity index (χ1n) is 8.94. The van der Waals surface area contributed by atoms with E-state index in [4.69, 9.17) is 9.51 Å². The molecule has 4 rings (SSSR count). The van der Waals surface area contributed by atoms with Gasteiger partial charge in [-0.05, 0) is 36.8 Å². The van der Waals surface area contributed by atoms with Gasteiger partial charge >= 0.3 is 0 Å². The Hall–Kier alpha value is -1.97. The smallest absolute Gasteiger partial charge is 0.263 e. The fraction of sp³-hybridized carbons (Fsp3) is 0.368. The minimum Gasteiger partial charge on any atom is -0.338 e. The lowest BCUT2D eigenvalue weighted by Crippen LogP contribution is -2.25. The van der Waals surface area contributed by atoms with Crippen LogP contribution in [0.25, 0.3) is 20.9 Å².